The summed E-state index contributed by atoms with van der Waals surface area (Å²) >= 11 is 0. The molecule has 0 bridgehead atoms. The Bertz CT molecular complexity index is 1540. The van der Waals surface area contributed by atoms with Gasteiger partial charge in [0, 0.05) is 17.6 Å². The van der Waals surface area contributed by atoms with Crippen molar-refractivity contribution >= 4 is 10.9 Å². The number of tetrazole rings is 1. The molecule has 3 aromatic carbocycles. The Labute approximate surface area is 215 Å². The molecule has 2 heterocycles. The van der Waals surface area contributed by atoms with E-state index in [4.69, 9.17) is 4.74 Å². The van der Waals surface area contributed by atoms with Crippen LogP contribution in [0.3, 0.4) is 0 Å². The fourth-order valence-corrected chi connectivity index (χ4v) is 4.66. The van der Waals surface area contributed by atoms with Gasteiger partial charge in [0.1, 0.15) is 11.8 Å². The van der Waals surface area contributed by atoms with Gasteiger partial charge in [-0.15, -0.1) is 5.10 Å². The van der Waals surface area contributed by atoms with Crippen LogP contribution in [-0.2, 0) is 13.1 Å². The summed E-state index contributed by atoms with van der Waals surface area (Å²) in [5.74, 6) is 1.40. The van der Waals surface area contributed by atoms with Gasteiger partial charge in [-0.05, 0) is 70.2 Å². The van der Waals surface area contributed by atoms with E-state index < -0.39 is 6.04 Å². The molecule has 0 radical (unpaired) electrons. The molecule has 2 aromatic heterocycles. The Hall–Kier alpha value is -4.30. The average Bonchev–Trinajstić information content (AvgIpc) is 3.37. The van der Waals surface area contributed by atoms with Gasteiger partial charge in [0.15, 0.2) is 5.82 Å². The molecule has 37 heavy (non-hydrogen) atoms. The van der Waals surface area contributed by atoms with E-state index in [1.54, 1.807) is 11.8 Å². The lowest BCUT2D eigenvalue weighted by Gasteiger charge is -2.30. The number of ether oxygens (including phenoxy) is 1. The monoisotopic (exact) mass is 494 g/mol. The van der Waals surface area contributed by atoms with Gasteiger partial charge in [-0.3, -0.25) is 9.69 Å². The van der Waals surface area contributed by atoms with E-state index >= 15 is 0 Å². The van der Waals surface area contributed by atoms with Crippen LogP contribution in [-0.4, -0.2) is 43.7 Å². The van der Waals surface area contributed by atoms with Crippen LogP contribution in [0.25, 0.3) is 10.9 Å². The van der Waals surface area contributed by atoms with Gasteiger partial charge in [0.2, 0.25) is 0 Å². The lowest BCUT2D eigenvalue weighted by Crippen LogP contribution is -2.35. The number of aromatic nitrogens is 5. The zero-order chi connectivity index (χ0) is 25.8. The molecule has 0 aliphatic carbocycles. The van der Waals surface area contributed by atoms with E-state index in [-0.39, 0.29) is 5.56 Å². The zero-order valence-corrected chi connectivity index (χ0v) is 21.3. The topological polar surface area (TPSA) is 88.9 Å². The molecular weight excluding hydrogens is 464 g/mol. The number of H-pyrrole nitrogens is 1. The van der Waals surface area contributed by atoms with Crippen LogP contribution in [0.2, 0.25) is 0 Å². The number of rotatable bonds is 9. The van der Waals surface area contributed by atoms with E-state index in [9.17, 15) is 4.79 Å². The second kappa shape index (κ2) is 10.8. The molecule has 0 aliphatic heterocycles. The van der Waals surface area contributed by atoms with Crippen LogP contribution < -0.4 is 10.3 Å². The molecule has 0 unspecified atom stereocenters. The first-order valence-corrected chi connectivity index (χ1v) is 12.4. The van der Waals surface area contributed by atoms with E-state index in [2.05, 4.69) is 50.5 Å². The fourth-order valence-electron chi connectivity index (χ4n) is 4.66. The van der Waals surface area contributed by atoms with E-state index in [0.29, 0.717) is 31.0 Å². The van der Waals surface area contributed by atoms with Crippen molar-refractivity contribution in [1.82, 2.24) is 30.1 Å². The Balaban J connectivity index is 1.61. The third kappa shape index (κ3) is 5.29. The number of nitrogens with one attached hydrogen (secondary N) is 1. The van der Waals surface area contributed by atoms with E-state index in [0.717, 1.165) is 33.3 Å². The molecule has 0 aliphatic rings. The minimum Gasteiger partial charge on any atom is -0.497 e. The summed E-state index contributed by atoms with van der Waals surface area (Å²) in [6.07, 6.45) is 0. The van der Waals surface area contributed by atoms with E-state index in [1.165, 1.54) is 0 Å². The SMILES string of the molecule is CCN(Cc1ccccc1)[C@@H](c1cc2ccc(C)cc2[nH]c1=O)c1nnnn1Cc1ccc(OC)cc1. The Morgan fingerprint density at radius 3 is 2.51 bits per heavy atom. The van der Waals surface area contributed by atoms with Crippen LogP contribution in [0.4, 0.5) is 0 Å². The highest BCUT2D eigenvalue weighted by atomic mass is 16.5. The molecule has 0 saturated heterocycles. The number of aryl methyl sites for hydroxylation is 1. The molecular formula is C29H30N6O2. The third-order valence-electron chi connectivity index (χ3n) is 6.62. The number of pyridine rings is 1. The number of methoxy groups -OCH3 is 1. The second-order valence-corrected chi connectivity index (χ2v) is 9.14. The van der Waals surface area contributed by atoms with Gasteiger partial charge in [-0.2, -0.15) is 0 Å². The predicted octanol–water partition coefficient (Wildman–Crippen LogP) is 4.49. The van der Waals surface area contributed by atoms with Gasteiger partial charge in [0.25, 0.3) is 5.56 Å². The minimum atomic E-state index is -0.451. The maximum absolute atomic E-state index is 13.5. The Morgan fingerprint density at radius 2 is 1.78 bits per heavy atom. The molecule has 1 atom stereocenters. The van der Waals surface area contributed by atoms with Gasteiger partial charge < -0.3 is 9.72 Å². The largest absolute Gasteiger partial charge is 0.497 e. The predicted molar refractivity (Wildman–Crippen MR) is 144 cm³/mol. The molecule has 0 fully saturated rings. The quantitative estimate of drug-likeness (QED) is 0.325. The van der Waals surface area contributed by atoms with Crippen LogP contribution in [0.15, 0.2) is 83.7 Å². The normalized spacial score (nSPS) is 12.2. The number of nitrogens with zero attached hydrogens (tertiary/aromatic N) is 5. The van der Waals surface area contributed by atoms with Crippen LogP contribution in [0.1, 0.15) is 41.0 Å². The van der Waals surface area contributed by atoms with Crippen LogP contribution in [0.5, 0.6) is 5.75 Å². The summed E-state index contributed by atoms with van der Waals surface area (Å²) in [6.45, 7) is 5.91. The van der Waals surface area contributed by atoms with Crippen molar-refractivity contribution in [2.75, 3.05) is 13.7 Å². The van der Waals surface area contributed by atoms with Crippen LogP contribution >= 0.6 is 0 Å². The Kier molecular flexibility index (Phi) is 7.09. The van der Waals surface area contributed by atoms with E-state index in [1.807, 2.05) is 67.6 Å². The van der Waals surface area contributed by atoms with Crippen molar-refractivity contribution in [2.45, 2.75) is 33.0 Å². The summed E-state index contributed by atoms with van der Waals surface area (Å²) < 4.78 is 7.07. The summed E-state index contributed by atoms with van der Waals surface area (Å²) in [7, 11) is 1.65. The summed E-state index contributed by atoms with van der Waals surface area (Å²) in [5.41, 5.74) is 4.55. The highest BCUT2D eigenvalue weighted by Crippen LogP contribution is 2.29. The zero-order valence-electron chi connectivity index (χ0n) is 21.3. The van der Waals surface area contributed by atoms with Crippen molar-refractivity contribution in [3.05, 3.63) is 117 Å². The number of hydrogen-bond donors (Lipinski definition) is 1. The number of benzene rings is 3. The van der Waals surface area contributed by atoms with Crippen molar-refractivity contribution in [2.24, 2.45) is 0 Å². The highest BCUT2D eigenvalue weighted by molar-refractivity contribution is 5.79. The molecule has 1 N–H and O–H groups in total. The van der Waals surface area contributed by atoms with Gasteiger partial charge in [-0.1, -0.05) is 61.5 Å². The van der Waals surface area contributed by atoms with Crippen molar-refractivity contribution in [3.63, 3.8) is 0 Å². The highest BCUT2D eigenvalue weighted by Gasteiger charge is 2.30. The molecule has 0 saturated carbocycles. The minimum absolute atomic E-state index is 0.145. The molecule has 8 nitrogen and oxygen atoms in total. The van der Waals surface area contributed by atoms with Gasteiger partial charge in [-0.25, -0.2) is 4.68 Å². The molecule has 8 heteroatoms. The molecule has 188 valence electrons. The summed E-state index contributed by atoms with van der Waals surface area (Å²) in [5, 5.41) is 13.8. The molecule has 5 aromatic rings. The Morgan fingerprint density at radius 1 is 1.00 bits per heavy atom. The lowest BCUT2D eigenvalue weighted by atomic mass is 10.0. The second-order valence-electron chi connectivity index (χ2n) is 9.14. The molecule has 0 amide bonds. The molecule has 5 rings (SSSR count). The first-order valence-electron chi connectivity index (χ1n) is 12.4. The summed E-state index contributed by atoms with van der Waals surface area (Å²) in [4.78, 5) is 18.8. The first-order chi connectivity index (χ1) is 18.1. The summed E-state index contributed by atoms with van der Waals surface area (Å²) in [6, 6.07) is 25.7. The first kappa shape index (κ1) is 24.4. The third-order valence-corrected chi connectivity index (χ3v) is 6.62. The number of fused-ring (bicyclic) bond motifs is 1. The van der Waals surface area contributed by atoms with Gasteiger partial charge in [0.05, 0.1) is 13.7 Å². The maximum atomic E-state index is 13.5. The van der Waals surface area contributed by atoms with Crippen molar-refractivity contribution < 1.29 is 4.74 Å². The number of hydrogen-bond acceptors (Lipinski definition) is 6. The molecule has 0 spiro atoms. The van der Waals surface area contributed by atoms with Crippen LogP contribution in [0, 0.1) is 6.92 Å². The smallest absolute Gasteiger partial charge is 0.253 e. The average molecular weight is 495 g/mol. The van der Waals surface area contributed by atoms with Crippen molar-refractivity contribution in [1.29, 1.82) is 0 Å². The number of aromatic amines is 1. The van der Waals surface area contributed by atoms with Gasteiger partial charge >= 0.3 is 0 Å². The fraction of sp³-hybridized carbons (Fsp3) is 0.241. The standard InChI is InChI=1S/C29H30N6O2/c1-4-34(18-21-8-6-5-7-9-21)27(25-17-23-13-10-20(2)16-26(23)30-29(25)36)28-31-32-33-35(28)19-22-11-14-24(37-3)15-12-22/h5-17,27H,4,18-19H2,1-3H3,(H,30,36)/t27-/m0/s1. The maximum Gasteiger partial charge on any atom is 0.253 e. The lowest BCUT2D eigenvalue weighted by molar-refractivity contribution is 0.214. The van der Waals surface area contributed by atoms with Crippen molar-refractivity contribution in [3.8, 4) is 5.75 Å².